The van der Waals surface area contributed by atoms with Crippen LogP contribution in [0.3, 0.4) is 0 Å². The average molecular weight is 309 g/mol. The molecule has 0 amide bonds. The van der Waals surface area contributed by atoms with Gasteiger partial charge in [0.05, 0.1) is 4.90 Å². The van der Waals surface area contributed by atoms with Crippen molar-refractivity contribution in [3.8, 4) is 0 Å². The minimum absolute atomic E-state index is 0.169. The highest BCUT2D eigenvalue weighted by Gasteiger charge is 2.26. The number of piperidine rings is 1. The molecular weight excluding hydrogens is 284 g/mol. The van der Waals surface area contributed by atoms with E-state index in [9.17, 15) is 8.42 Å². The highest BCUT2D eigenvalue weighted by atomic mass is 32.2. The van der Waals surface area contributed by atoms with Crippen LogP contribution in [0.25, 0.3) is 0 Å². The molecule has 1 aromatic carbocycles. The molecule has 1 aliphatic rings. The summed E-state index contributed by atoms with van der Waals surface area (Å²) in [6, 6.07) is 6.88. The highest BCUT2D eigenvalue weighted by Crippen LogP contribution is 2.34. The molecule has 21 heavy (non-hydrogen) atoms. The SMILES string of the molecule is CC(C)(C)c1[c]c(S(C)(=O)=O)ccc1N1CCC[C@H](N)C1. The van der Waals surface area contributed by atoms with Crippen molar-refractivity contribution in [3.05, 3.63) is 23.8 Å². The van der Waals surface area contributed by atoms with Gasteiger partial charge in [0.15, 0.2) is 9.84 Å². The Balaban J connectivity index is 2.50. The number of nitrogens with two attached hydrogens (primary N) is 1. The third-order valence-corrected chi connectivity index (χ3v) is 4.88. The van der Waals surface area contributed by atoms with E-state index in [1.165, 1.54) is 6.26 Å². The van der Waals surface area contributed by atoms with Gasteiger partial charge in [-0.1, -0.05) is 20.8 Å². The number of rotatable bonds is 2. The molecule has 1 saturated heterocycles. The maximum Gasteiger partial charge on any atom is 0.176 e. The van der Waals surface area contributed by atoms with Crippen LogP contribution in [-0.2, 0) is 15.3 Å². The summed E-state index contributed by atoms with van der Waals surface area (Å²) >= 11 is 0. The van der Waals surface area contributed by atoms with Crippen LogP contribution in [0.1, 0.15) is 39.2 Å². The lowest BCUT2D eigenvalue weighted by molar-refractivity contribution is 0.499. The van der Waals surface area contributed by atoms with Gasteiger partial charge in [-0.3, -0.25) is 0 Å². The number of nitrogens with zero attached hydrogens (tertiary/aromatic N) is 1. The maximum atomic E-state index is 11.8. The molecule has 117 valence electrons. The minimum Gasteiger partial charge on any atom is -0.370 e. The summed E-state index contributed by atoms with van der Waals surface area (Å²) in [7, 11) is -3.24. The van der Waals surface area contributed by atoms with Crippen LogP contribution >= 0.6 is 0 Å². The molecule has 1 aromatic rings. The molecule has 1 fully saturated rings. The van der Waals surface area contributed by atoms with Crippen molar-refractivity contribution in [2.24, 2.45) is 5.73 Å². The van der Waals surface area contributed by atoms with E-state index in [2.05, 4.69) is 31.7 Å². The summed E-state index contributed by atoms with van der Waals surface area (Å²) in [6.07, 6.45) is 3.34. The fourth-order valence-corrected chi connectivity index (χ4v) is 3.35. The van der Waals surface area contributed by atoms with Crippen molar-refractivity contribution >= 4 is 15.5 Å². The van der Waals surface area contributed by atoms with E-state index in [1.807, 2.05) is 6.07 Å². The Kier molecular flexibility index (Phi) is 4.36. The van der Waals surface area contributed by atoms with Crippen molar-refractivity contribution in [3.63, 3.8) is 0 Å². The van der Waals surface area contributed by atoms with Gasteiger partial charge in [-0.15, -0.1) is 0 Å². The molecule has 0 spiro atoms. The van der Waals surface area contributed by atoms with E-state index < -0.39 is 9.84 Å². The Hall–Kier alpha value is -1.07. The summed E-state index contributed by atoms with van der Waals surface area (Å²) in [5, 5.41) is 0. The Labute approximate surface area is 128 Å². The van der Waals surface area contributed by atoms with Crippen LogP contribution in [0.5, 0.6) is 0 Å². The van der Waals surface area contributed by atoms with Crippen molar-refractivity contribution < 1.29 is 8.42 Å². The summed E-state index contributed by atoms with van der Waals surface area (Å²) in [5.74, 6) is 0. The quantitative estimate of drug-likeness (QED) is 0.909. The standard InChI is InChI=1S/C16H25N2O2S/c1-16(2,3)14-10-13(21(4,19)20)7-8-15(14)18-9-5-6-12(17)11-18/h7-8,12H,5-6,9,11,17H2,1-4H3/t12-/m0/s1. The van der Waals surface area contributed by atoms with Gasteiger partial charge in [-0.2, -0.15) is 0 Å². The fourth-order valence-electron chi connectivity index (χ4n) is 2.75. The third kappa shape index (κ3) is 3.77. The zero-order chi connectivity index (χ0) is 15.8. The summed E-state index contributed by atoms with van der Waals surface area (Å²) in [4.78, 5) is 2.52. The molecule has 2 rings (SSSR count). The molecule has 1 atom stereocenters. The molecule has 0 aliphatic carbocycles. The van der Waals surface area contributed by atoms with Gasteiger partial charge in [0.1, 0.15) is 0 Å². The van der Waals surface area contributed by atoms with Crippen LogP contribution in [0, 0.1) is 6.07 Å². The smallest absolute Gasteiger partial charge is 0.176 e. The first kappa shape index (κ1) is 16.3. The monoisotopic (exact) mass is 309 g/mol. The van der Waals surface area contributed by atoms with Gasteiger partial charge in [-0.05, 0) is 36.0 Å². The third-order valence-electron chi connectivity index (χ3n) is 3.84. The Bertz CT molecular complexity index is 618. The molecule has 1 radical (unpaired) electrons. The lowest BCUT2D eigenvalue weighted by atomic mass is 9.85. The predicted octanol–water partition coefficient (Wildman–Crippen LogP) is 2.12. The van der Waals surface area contributed by atoms with Crippen LogP contribution in [0.15, 0.2) is 17.0 Å². The normalized spacial score (nSPS) is 20.6. The molecule has 0 saturated carbocycles. The number of hydrogen-bond donors (Lipinski definition) is 1. The van der Waals surface area contributed by atoms with Gasteiger partial charge in [0.2, 0.25) is 0 Å². The molecule has 0 bridgehead atoms. The molecule has 1 aliphatic heterocycles. The van der Waals surface area contributed by atoms with Crippen LogP contribution < -0.4 is 10.6 Å². The van der Waals surface area contributed by atoms with Gasteiger partial charge < -0.3 is 10.6 Å². The highest BCUT2D eigenvalue weighted by molar-refractivity contribution is 7.90. The van der Waals surface area contributed by atoms with Crippen LogP contribution in [0.2, 0.25) is 0 Å². The second kappa shape index (κ2) is 5.61. The molecular formula is C16H25N2O2S. The van der Waals surface area contributed by atoms with E-state index in [0.29, 0.717) is 0 Å². The molecule has 4 nitrogen and oxygen atoms in total. The largest absolute Gasteiger partial charge is 0.370 e. The van der Waals surface area contributed by atoms with Crippen LogP contribution in [-0.4, -0.2) is 33.8 Å². The topological polar surface area (TPSA) is 63.4 Å². The van der Waals surface area contributed by atoms with Crippen molar-refractivity contribution in [2.45, 2.75) is 50.0 Å². The zero-order valence-corrected chi connectivity index (χ0v) is 14.1. The minimum atomic E-state index is -3.24. The number of hydrogen-bond acceptors (Lipinski definition) is 4. The molecule has 5 heteroatoms. The summed E-state index contributed by atoms with van der Waals surface area (Å²) < 4.78 is 23.6. The first-order chi connectivity index (χ1) is 9.59. The van der Waals surface area contributed by atoms with E-state index in [4.69, 9.17) is 5.73 Å². The van der Waals surface area contributed by atoms with Crippen LogP contribution in [0.4, 0.5) is 5.69 Å². The van der Waals surface area contributed by atoms with E-state index in [-0.39, 0.29) is 16.4 Å². The zero-order valence-electron chi connectivity index (χ0n) is 13.3. The summed E-state index contributed by atoms with van der Waals surface area (Å²) in [5.41, 5.74) is 7.91. The number of sulfone groups is 1. The first-order valence-corrected chi connectivity index (χ1v) is 9.25. The lowest BCUT2D eigenvalue weighted by Gasteiger charge is -2.36. The molecule has 0 aromatic heterocycles. The summed E-state index contributed by atoms with van der Waals surface area (Å²) in [6.45, 7) is 8.02. The van der Waals surface area contributed by atoms with Gasteiger partial charge in [0, 0.05) is 37.1 Å². The van der Waals surface area contributed by atoms with Gasteiger partial charge in [0.25, 0.3) is 0 Å². The van der Waals surface area contributed by atoms with Crippen molar-refractivity contribution in [2.75, 3.05) is 24.2 Å². The average Bonchev–Trinajstić information content (AvgIpc) is 2.36. The Morgan fingerprint density at radius 1 is 1.33 bits per heavy atom. The second-order valence-corrected chi connectivity index (χ2v) is 8.94. The number of benzene rings is 1. The first-order valence-electron chi connectivity index (χ1n) is 7.36. The molecule has 0 unspecified atom stereocenters. The van der Waals surface area contributed by atoms with Crippen molar-refractivity contribution in [1.29, 1.82) is 0 Å². The Morgan fingerprint density at radius 3 is 2.52 bits per heavy atom. The molecule has 1 heterocycles. The van der Waals surface area contributed by atoms with Gasteiger partial charge in [-0.25, -0.2) is 8.42 Å². The predicted molar refractivity (Wildman–Crippen MR) is 86.5 cm³/mol. The maximum absolute atomic E-state index is 11.8. The second-order valence-electron chi connectivity index (χ2n) is 6.95. The lowest BCUT2D eigenvalue weighted by Crippen LogP contribution is -2.43. The van der Waals surface area contributed by atoms with E-state index >= 15 is 0 Å². The van der Waals surface area contributed by atoms with E-state index in [0.717, 1.165) is 37.2 Å². The molecule has 2 N–H and O–H groups in total. The van der Waals surface area contributed by atoms with Crippen molar-refractivity contribution in [1.82, 2.24) is 0 Å². The number of anilines is 1. The van der Waals surface area contributed by atoms with Gasteiger partial charge >= 0.3 is 0 Å². The Morgan fingerprint density at radius 2 is 2.00 bits per heavy atom. The fraction of sp³-hybridized carbons (Fsp3) is 0.625. The van der Waals surface area contributed by atoms with E-state index in [1.54, 1.807) is 6.07 Å².